The van der Waals surface area contributed by atoms with E-state index in [2.05, 4.69) is 0 Å². The molecule has 6 nitrogen and oxygen atoms in total. The number of fused-ring (bicyclic) bond motifs is 2. The molecule has 2 aliphatic heterocycles. The zero-order chi connectivity index (χ0) is 18.0. The number of carbonyl (C=O) groups excluding carboxylic acids is 2. The molecular weight excluding hydrogens is 344 g/mol. The maximum Gasteiger partial charge on any atom is 0.312 e. The van der Waals surface area contributed by atoms with Crippen LogP contribution in [0.1, 0.15) is 52.4 Å². The summed E-state index contributed by atoms with van der Waals surface area (Å²) in [6.07, 6.45) is 4.94. The predicted molar refractivity (Wildman–Crippen MR) is 90.3 cm³/mol. The average Bonchev–Trinajstić information content (AvgIpc) is 2.89. The van der Waals surface area contributed by atoms with Crippen LogP contribution in [0.25, 0.3) is 0 Å². The van der Waals surface area contributed by atoms with Crippen LogP contribution >= 0.6 is 11.8 Å². The smallest absolute Gasteiger partial charge is 0.312 e. The van der Waals surface area contributed by atoms with E-state index < -0.39 is 11.6 Å². The van der Waals surface area contributed by atoms with Gasteiger partial charge in [-0.3, -0.25) is 9.59 Å². The Morgan fingerprint density at radius 1 is 0.840 bits per heavy atom. The summed E-state index contributed by atoms with van der Waals surface area (Å²) in [6.45, 7) is 3.17. The topological polar surface area (TPSA) is 93.1 Å². The van der Waals surface area contributed by atoms with Crippen LogP contribution in [0.15, 0.2) is 0 Å². The normalized spacial score (nSPS) is 52.3. The van der Waals surface area contributed by atoms with Gasteiger partial charge in [0.15, 0.2) is 0 Å². The van der Waals surface area contributed by atoms with Crippen molar-refractivity contribution in [1.29, 1.82) is 0 Å². The molecule has 2 aliphatic carbocycles. The van der Waals surface area contributed by atoms with E-state index in [1.165, 1.54) is 0 Å². The van der Waals surface area contributed by atoms with Gasteiger partial charge in [0.2, 0.25) is 11.6 Å². The Balaban J connectivity index is 1.38. The molecule has 2 heterocycles. The highest BCUT2D eigenvalue weighted by Gasteiger charge is 2.56. The second-order valence-corrected chi connectivity index (χ2v) is 9.99. The van der Waals surface area contributed by atoms with Gasteiger partial charge in [0.1, 0.15) is 0 Å². The third kappa shape index (κ3) is 2.98. The zero-order valence-corrected chi connectivity index (χ0v) is 15.5. The van der Waals surface area contributed by atoms with Crippen LogP contribution in [0.4, 0.5) is 0 Å². The van der Waals surface area contributed by atoms with E-state index in [-0.39, 0.29) is 35.6 Å². The van der Waals surface area contributed by atoms with E-state index in [4.69, 9.17) is 9.47 Å². The van der Waals surface area contributed by atoms with Crippen LogP contribution in [0.2, 0.25) is 0 Å². The molecule has 7 heteroatoms. The lowest BCUT2D eigenvalue weighted by molar-refractivity contribution is -0.194. The molecule has 8 unspecified atom stereocenters. The molecule has 0 spiro atoms. The molecule has 0 bridgehead atoms. The van der Waals surface area contributed by atoms with Gasteiger partial charge in [0.25, 0.3) is 0 Å². The molecular formula is C18H26O6S. The third-order valence-electron chi connectivity index (χ3n) is 6.59. The first-order valence-electron chi connectivity index (χ1n) is 9.23. The first kappa shape index (κ1) is 17.6. The molecule has 0 aromatic rings. The standard InChI is InChI=1S/C18H26O6S/c1-17(21)13-6-4-9(7-12(13)16(20)24-17)25-10-3-5-11-14(8-10)18(2,22)23-15(11)19/h9-14,21-22H,3-8H2,1-2H3. The van der Waals surface area contributed by atoms with Crippen molar-refractivity contribution in [3.8, 4) is 0 Å². The van der Waals surface area contributed by atoms with Crippen molar-refractivity contribution < 1.29 is 29.3 Å². The second kappa shape index (κ2) is 5.86. The Morgan fingerprint density at radius 2 is 1.40 bits per heavy atom. The molecule has 0 radical (unpaired) electrons. The quantitative estimate of drug-likeness (QED) is 0.716. The van der Waals surface area contributed by atoms with E-state index in [1.54, 1.807) is 13.8 Å². The Bertz CT molecular complexity index is 588. The summed E-state index contributed by atoms with van der Waals surface area (Å²) in [7, 11) is 0. The lowest BCUT2D eigenvalue weighted by Crippen LogP contribution is -2.39. The van der Waals surface area contributed by atoms with Gasteiger partial charge in [-0.2, -0.15) is 11.8 Å². The van der Waals surface area contributed by atoms with Gasteiger partial charge >= 0.3 is 11.9 Å². The molecule has 2 N–H and O–H groups in total. The molecule has 0 amide bonds. The van der Waals surface area contributed by atoms with Crippen molar-refractivity contribution in [2.45, 2.75) is 74.4 Å². The molecule has 2 saturated heterocycles. The van der Waals surface area contributed by atoms with Gasteiger partial charge in [-0.05, 0) is 38.5 Å². The molecule has 4 aliphatic rings. The van der Waals surface area contributed by atoms with Gasteiger partial charge < -0.3 is 19.7 Å². The second-order valence-electron chi connectivity index (χ2n) is 8.38. The van der Waals surface area contributed by atoms with E-state index in [1.807, 2.05) is 11.8 Å². The maximum atomic E-state index is 12.1. The summed E-state index contributed by atoms with van der Waals surface area (Å²) in [6, 6.07) is 0. The van der Waals surface area contributed by atoms with Crippen molar-refractivity contribution >= 4 is 23.7 Å². The highest BCUT2D eigenvalue weighted by Crippen LogP contribution is 2.51. The van der Waals surface area contributed by atoms with Gasteiger partial charge in [-0.15, -0.1) is 0 Å². The minimum atomic E-state index is -1.35. The van der Waals surface area contributed by atoms with Gasteiger partial charge in [-0.1, -0.05) is 0 Å². The first-order chi connectivity index (χ1) is 11.7. The number of cyclic esters (lactones) is 2. The SMILES string of the molecule is CC1(O)OC(=O)C2CC(SC3CCC4C(=O)OC(C)(O)C4C3)CCC21. The van der Waals surface area contributed by atoms with Crippen molar-refractivity contribution in [3.05, 3.63) is 0 Å². The number of thioether (sulfide) groups is 1. The number of esters is 2. The van der Waals surface area contributed by atoms with Crippen LogP contribution in [0.3, 0.4) is 0 Å². The summed E-state index contributed by atoms with van der Waals surface area (Å²) in [5.74, 6) is -3.85. The van der Waals surface area contributed by atoms with Gasteiger partial charge in [-0.25, -0.2) is 0 Å². The fraction of sp³-hybridized carbons (Fsp3) is 0.889. The Labute approximate surface area is 151 Å². The highest BCUT2D eigenvalue weighted by atomic mass is 32.2. The van der Waals surface area contributed by atoms with Gasteiger partial charge in [0.05, 0.1) is 11.8 Å². The number of aliphatic hydroxyl groups is 2. The Morgan fingerprint density at radius 3 is 2.12 bits per heavy atom. The number of rotatable bonds is 2. The fourth-order valence-electron chi connectivity index (χ4n) is 5.27. The van der Waals surface area contributed by atoms with E-state index in [0.717, 1.165) is 38.5 Å². The summed E-state index contributed by atoms with van der Waals surface area (Å²) in [4.78, 5) is 23.9. The monoisotopic (exact) mass is 370 g/mol. The minimum absolute atomic E-state index is 0.103. The van der Waals surface area contributed by atoms with Crippen molar-refractivity contribution in [2.75, 3.05) is 0 Å². The van der Waals surface area contributed by atoms with Crippen LogP contribution in [0.5, 0.6) is 0 Å². The molecule has 4 fully saturated rings. The molecule has 8 atom stereocenters. The van der Waals surface area contributed by atoms with Crippen LogP contribution in [0, 0.1) is 23.7 Å². The molecule has 0 aromatic carbocycles. The number of carbonyl (C=O) groups is 2. The molecule has 4 rings (SSSR count). The largest absolute Gasteiger partial charge is 0.433 e. The van der Waals surface area contributed by atoms with Crippen molar-refractivity contribution in [3.63, 3.8) is 0 Å². The first-order valence-corrected chi connectivity index (χ1v) is 10.2. The fourth-order valence-corrected chi connectivity index (χ4v) is 6.99. The molecule has 25 heavy (non-hydrogen) atoms. The van der Waals surface area contributed by atoms with Gasteiger partial charge in [0, 0.05) is 36.2 Å². The lowest BCUT2D eigenvalue weighted by atomic mass is 9.76. The summed E-state index contributed by atoms with van der Waals surface area (Å²) in [5, 5.41) is 21.3. The molecule has 2 saturated carbocycles. The molecule has 0 aromatic heterocycles. The summed E-state index contributed by atoms with van der Waals surface area (Å²) >= 11 is 1.88. The number of hydrogen-bond acceptors (Lipinski definition) is 7. The number of hydrogen-bond donors (Lipinski definition) is 2. The van der Waals surface area contributed by atoms with E-state index >= 15 is 0 Å². The maximum absolute atomic E-state index is 12.1. The van der Waals surface area contributed by atoms with Crippen LogP contribution in [-0.4, -0.2) is 44.2 Å². The summed E-state index contributed by atoms with van der Waals surface area (Å²) < 4.78 is 10.3. The van der Waals surface area contributed by atoms with Crippen molar-refractivity contribution in [1.82, 2.24) is 0 Å². The summed E-state index contributed by atoms with van der Waals surface area (Å²) in [5.41, 5.74) is 0. The highest BCUT2D eigenvalue weighted by molar-refractivity contribution is 8.00. The zero-order valence-electron chi connectivity index (χ0n) is 14.6. The minimum Gasteiger partial charge on any atom is -0.433 e. The van der Waals surface area contributed by atoms with E-state index in [9.17, 15) is 19.8 Å². The number of ether oxygens (including phenoxy) is 2. The predicted octanol–water partition coefficient (Wildman–Crippen LogP) is 1.82. The lowest BCUT2D eigenvalue weighted by Gasteiger charge is -2.37. The van der Waals surface area contributed by atoms with Crippen molar-refractivity contribution in [2.24, 2.45) is 23.7 Å². The average molecular weight is 370 g/mol. The van der Waals surface area contributed by atoms with Crippen LogP contribution in [-0.2, 0) is 19.1 Å². The molecule has 140 valence electrons. The van der Waals surface area contributed by atoms with Crippen LogP contribution < -0.4 is 0 Å². The third-order valence-corrected chi connectivity index (χ3v) is 8.21. The Kier molecular flexibility index (Phi) is 4.13. The van der Waals surface area contributed by atoms with E-state index in [0.29, 0.717) is 10.5 Å². The Hall–Kier alpha value is -0.790.